The molecule has 1 atom stereocenters. The standard InChI is InChI=1S/C16H28N2/c1-3-4-5-6-7-8-12-15-17-14-11-9-10-13(2)16(14)18-15/h13H,3-12H2,1-2H3,(H,17,18). The predicted octanol–water partition coefficient (Wildman–Crippen LogP) is 4.75. The minimum Gasteiger partial charge on any atom is -0.346 e. The molecule has 1 unspecified atom stereocenters. The summed E-state index contributed by atoms with van der Waals surface area (Å²) < 4.78 is 0. The lowest BCUT2D eigenvalue weighted by molar-refractivity contribution is 0.574. The van der Waals surface area contributed by atoms with Crippen LogP contribution in [0.2, 0.25) is 0 Å². The Morgan fingerprint density at radius 1 is 1.17 bits per heavy atom. The first-order chi connectivity index (χ1) is 8.81. The molecule has 1 aliphatic carbocycles. The summed E-state index contributed by atoms with van der Waals surface area (Å²) in [6.45, 7) is 4.59. The summed E-state index contributed by atoms with van der Waals surface area (Å²) in [4.78, 5) is 8.37. The molecule has 0 bridgehead atoms. The van der Waals surface area contributed by atoms with Crippen molar-refractivity contribution >= 4 is 0 Å². The Hall–Kier alpha value is -0.790. The van der Waals surface area contributed by atoms with E-state index >= 15 is 0 Å². The number of H-pyrrole nitrogens is 1. The molecule has 0 amide bonds. The number of nitrogens with one attached hydrogen (secondary N) is 1. The van der Waals surface area contributed by atoms with E-state index in [0.29, 0.717) is 5.92 Å². The van der Waals surface area contributed by atoms with Crippen molar-refractivity contribution in [2.24, 2.45) is 0 Å². The van der Waals surface area contributed by atoms with Gasteiger partial charge in [0.1, 0.15) is 5.82 Å². The molecule has 0 saturated carbocycles. The molecule has 0 radical (unpaired) electrons. The van der Waals surface area contributed by atoms with Gasteiger partial charge in [-0.3, -0.25) is 0 Å². The van der Waals surface area contributed by atoms with Crippen molar-refractivity contribution in [3.05, 3.63) is 17.2 Å². The Kier molecular flexibility index (Phi) is 5.27. The maximum absolute atomic E-state index is 4.81. The van der Waals surface area contributed by atoms with Gasteiger partial charge in [0, 0.05) is 18.0 Å². The van der Waals surface area contributed by atoms with Crippen LogP contribution in [-0.4, -0.2) is 9.97 Å². The van der Waals surface area contributed by atoms with Crippen LogP contribution >= 0.6 is 0 Å². The molecule has 2 rings (SSSR count). The van der Waals surface area contributed by atoms with E-state index in [0.717, 1.165) is 6.42 Å². The third-order valence-corrected chi connectivity index (χ3v) is 4.16. The number of nitrogens with zero attached hydrogens (tertiary/aromatic N) is 1. The first-order valence-corrected chi connectivity index (χ1v) is 7.89. The molecule has 102 valence electrons. The van der Waals surface area contributed by atoms with Crippen LogP contribution in [0.4, 0.5) is 0 Å². The Bertz CT molecular complexity index is 354. The highest BCUT2D eigenvalue weighted by Gasteiger charge is 2.20. The number of imidazole rings is 1. The second-order valence-electron chi connectivity index (χ2n) is 5.86. The molecule has 18 heavy (non-hydrogen) atoms. The zero-order valence-electron chi connectivity index (χ0n) is 12.1. The predicted molar refractivity (Wildman–Crippen MR) is 77.0 cm³/mol. The summed E-state index contributed by atoms with van der Waals surface area (Å²) in [7, 11) is 0. The van der Waals surface area contributed by atoms with E-state index < -0.39 is 0 Å². The van der Waals surface area contributed by atoms with E-state index in [4.69, 9.17) is 4.98 Å². The average Bonchev–Trinajstić information content (AvgIpc) is 2.78. The lowest BCUT2D eigenvalue weighted by atomic mass is 9.92. The third kappa shape index (κ3) is 3.60. The van der Waals surface area contributed by atoms with Gasteiger partial charge >= 0.3 is 0 Å². The second kappa shape index (κ2) is 6.96. The fraction of sp³-hybridized carbons (Fsp3) is 0.812. The van der Waals surface area contributed by atoms with Crippen molar-refractivity contribution in [1.82, 2.24) is 9.97 Å². The van der Waals surface area contributed by atoms with Crippen molar-refractivity contribution in [1.29, 1.82) is 0 Å². The van der Waals surface area contributed by atoms with Gasteiger partial charge in [-0.05, 0) is 25.7 Å². The van der Waals surface area contributed by atoms with E-state index in [1.54, 1.807) is 0 Å². The van der Waals surface area contributed by atoms with Gasteiger partial charge in [-0.2, -0.15) is 0 Å². The van der Waals surface area contributed by atoms with Crippen LogP contribution < -0.4 is 0 Å². The fourth-order valence-corrected chi connectivity index (χ4v) is 2.99. The van der Waals surface area contributed by atoms with Gasteiger partial charge in [-0.15, -0.1) is 0 Å². The highest BCUT2D eigenvalue weighted by molar-refractivity contribution is 5.21. The molecule has 1 aliphatic rings. The lowest BCUT2D eigenvalue weighted by Gasteiger charge is -2.15. The van der Waals surface area contributed by atoms with Crippen molar-refractivity contribution in [3.63, 3.8) is 0 Å². The van der Waals surface area contributed by atoms with Crippen LogP contribution in [-0.2, 0) is 12.8 Å². The van der Waals surface area contributed by atoms with Crippen molar-refractivity contribution in [2.45, 2.75) is 84.0 Å². The normalized spacial score (nSPS) is 18.9. The minimum absolute atomic E-state index is 0.670. The first kappa shape index (κ1) is 13.6. The van der Waals surface area contributed by atoms with Crippen molar-refractivity contribution in [2.75, 3.05) is 0 Å². The molecular weight excluding hydrogens is 220 g/mol. The van der Waals surface area contributed by atoms with Crippen LogP contribution in [0.5, 0.6) is 0 Å². The van der Waals surface area contributed by atoms with E-state index in [2.05, 4.69) is 18.8 Å². The van der Waals surface area contributed by atoms with E-state index in [1.807, 2.05) is 0 Å². The van der Waals surface area contributed by atoms with Crippen LogP contribution in [0, 0.1) is 0 Å². The van der Waals surface area contributed by atoms with Gasteiger partial charge in [0.05, 0.1) is 5.69 Å². The summed E-state index contributed by atoms with van der Waals surface area (Å²) in [6, 6.07) is 0. The smallest absolute Gasteiger partial charge is 0.106 e. The maximum Gasteiger partial charge on any atom is 0.106 e. The Balaban J connectivity index is 1.73. The van der Waals surface area contributed by atoms with E-state index in [9.17, 15) is 0 Å². The molecular formula is C16H28N2. The van der Waals surface area contributed by atoms with Crippen LogP contribution in [0.3, 0.4) is 0 Å². The second-order valence-corrected chi connectivity index (χ2v) is 5.86. The molecule has 0 fully saturated rings. The average molecular weight is 248 g/mol. The van der Waals surface area contributed by atoms with Crippen LogP contribution in [0.15, 0.2) is 0 Å². The summed E-state index contributed by atoms with van der Waals surface area (Å²) >= 11 is 0. The van der Waals surface area contributed by atoms with Gasteiger partial charge in [0.2, 0.25) is 0 Å². The molecule has 0 spiro atoms. The zero-order chi connectivity index (χ0) is 12.8. The Morgan fingerprint density at radius 3 is 2.72 bits per heavy atom. The number of fused-ring (bicyclic) bond motifs is 1. The first-order valence-electron chi connectivity index (χ1n) is 7.89. The Morgan fingerprint density at radius 2 is 1.94 bits per heavy atom. The molecule has 0 saturated heterocycles. The van der Waals surface area contributed by atoms with Gasteiger partial charge in [-0.1, -0.05) is 46.0 Å². The van der Waals surface area contributed by atoms with Crippen molar-refractivity contribution < 1.29 is 0 Å². The molecule has 2 heteroatoms. The number of aromatic amines is 1. The Labute approximate surface area is 112 Å². The lowest BCUT2D eigenvalue weighted by Crippen LogP contribution is -2.05. The number of hydrogen-bond donors (Lipinski definition) is 1. The molecule has 1 N–H and O–H groups in total. The van der Waals surface area contributed by atoms with Crippen molar-refractivity contribution in [3.8, 4) is 0 Å². The van der Waals surface area contributed by atoms with Crippen LogP contribution in [0.25, 0.3) is 0 Å². The maximum atomic E-state index is 4.81. The molecule has 1 aromatic heterocycles. The molecule has 0 aliphatic heterocycles. The van der Waals surface area contributed by atoms with Gasteiger partial charge in [-0.25, -0.2) is 4.98 Å². The number of aromatic nitrogens is 2. The molecule has 0 aromatic carbocycles. The monoisotopic (exact) mass is 248 g/mol. The topological polar surface area (TPSA) is 28.7 Å². The number of aryl methyl sites for hydroxylation is 2. The summed E-state index contributed by atoms with van der Waals surface area (Å²) in [5.41, 5.74) is 2.79. The highest BCUT2D eigenvalue weighted by Crippen LogP contribution is 2.29. The summed E-state index contributed by atoms with van der Waals surface area (Å²) in [5.74, 6) is 1.91. The summed E-state index contributed by atoms with van der Waals surface area (Å²) in [6.07, 6.45) is 13.2. The minimum atomic E-state index is 0.670. The SMILES string of the molecule is CCCCCCCCc1nc2c([nH]1)CCCC2C. The quantitative estimate of drug-likeness (QED) is 0.693. The van der Waals surface area contributed by atoms with E-state index in [1.165, 1.54) is 75.0 Å². The molecule has 1 aromatic rings. The van der Waals surface area contributed by atoms with E-state index in [-0.39, 0.29) is 0 Å². The van der Waals surface area contributed by atoms with Gasteiger partial charge < -0.3 is 4.98 Å². The fourth-order valence-electron chi connectivity index (χ4n) is 2.99. The number of unbranched alkanes of at least 4 members (excludes halogenated alkanes) is 5. The highest BCUT2D eigenvalue weighted by atomic mass is 14.9. The summed E-state index contributed by atoms with van der Waals surface area (Å²) in [5, 5.41) is 0. The number of rotatable bonds is 7. The third-order valence-electron chi connectivity index (χ3n) is 4.16. The molecule has 2 nitrogen and oxygen atoms in total. The number of hydrogen-bond acceptors (Lipinski definition) is 1. The zero-order valence-corrected chi connectivity index (χ0v) is 12.1. The molecule has 1 heterocycles. The van der Waals surface area contributed by atoms with Crippen LogP contribution in [0.1, 0.15) is 88.3 Å². The van der Waals surface area contributed by atoms with Gasteiger partial charge in [0.25, 0.3) is 0 Å². The van der Waals surface area contributed by atoms with Gasteiger partial charge in [0.15, 0.2) is 0 Å². The largest absolute Gasteiger partial charge is 0.346 e.